The van der Waals surface area contributed by atoms with E-state index in [1.54, 1.807) is 0 Å². The van der Waals surface area contributed by atoms with Gasteiger partial charge < -0.3 is 0 Å². The zero-order valence-corrected chi connectivity index (χ0v) is 38.5. The Bertz CT molecular complexity index is 1120. The van der Waals surface area contributed by atoms with Crippen molar-refractivity contribution < 1.29 is 0 Å². The van der Waals surface area contributed by atoms with Crippen LogP contribution in [0.15, 0.2) is 0 Å². The van der Waals surface area contributed by atoms with E-state index < -0.39 is 0 Å². The Kier molecular flexibility index (Phi) is 10.7. The second kappa shape index (κ2) is 14.7. The van der Waals surface area contributed by atoms with Crippen LogP contribution >= 0.6 is 0 Å². The molecular formula is C48H88N8. The molecule has 0 aromatic carbocycles. The summed E-state index contributed by atoms with van der Waals surface area (Å²) in [5.41, 5.74) is 0. The van der Waals surface area contributed by atoms with Gasteiger partial charge in [-0.1, -0.05) is 111 Å². The molecule has 0 spiro atoms. The normalized spacial score (nSPS) is 66.0. The van der Waals surface area contributed by atoms with Gasteiger partial charge in [0, 0.05) is 0 Å². The third kappa shape index (κ3) is 5.84. The Hall–Kier alpha value is -0.320. The van der Waals surface area contributed by atoms with Crippen LogP contribution in [0.25, 0.3) is 0 Å². The van der Waals surface area contributed by atoms with Crippen molar-refractivity contribution >= 4 is 0 Å². The van der Waals surface area contributed by atoms with Crippen LogP contribution in [0.2, 0.25) is 0 Å². The Morgan fingerprint density at radius 2 is 0.232 bits per heavy atom. The van der Waals surface area contributed by atoms with Crippen LogP contribution in [0, 0.1) is 142 Å². The first-order valence-corrected chi connectivity index (χ1v) is 24.5. The molecule has 9 rings (SSSR count). The fourth-order valence-electron chi connectivity index (χ4n) is 17.4. The lowest BCUT2D eigenvalue weighted by Gasteiger charge is -2.50. The summed E-state index contributed by atoms with van der Waals surface area (Å²) in [6.07, 6.45) is 2.22. The van der Waals surface area contributed by atoms with Crippen molar-refractivity contribution in [2.75, 3.05) is 0 Å². The average molecular weight is 777 g/mol. The molecule has 8 nitrogen and oxygen atoms in total. The quantitative estimate of drug-likeness (QED) is 0.141. The lowest BCUT2D eigenvalue weighted by atomic mass is 9.57. The number of hydrogen-bond acceptors (Lipinski definition) is 8. The summed E-state index contributed by atoms with van der Waals surface area (Å²) in [5.74, 6) is 15.6. The molecule has 0 radical (unpaired) electrons. The van der Waals surface area contributed by atoms with Crippen molar-refractivity contribution in [3.05, 3.63) is 0 Å². The maximum Gasteiger partial charge on any atom is 0.0631 e. The van der Waals surface area contributed by atoms with E-state index in [0.717, 1.165) is 0 Å². The molecule has 4 saturated carbocycles. The van der Waals surface area contributed by atoms with Crippen LogP contribution in [0.4, 0.5) is 0 Å². The SMILES string of the molecule is CC1C(C)C(C)C2C3NC(NC4NC(NC5NC(NC6NC(N3)C3C(C)C(C)C(C)C(C)C63)C3C(C)C(C)C(C)C(C)C53)C3C(C)C(C)C(C)C(C)C43)C2C1C. The minimum absolute atomic E-state index is 0.277. The highest BCUT2D eigenvalue weighted by atomic mass is 15.4. The molecule has 9 fully saturated rings. The van der Waals surface area contributed by atoms with Gasteiger partial charge in [0.15, 0.2) is 0 Å². The third-order valence-corrected chi connectivity index (χ3v) is 22.5. The van der Waals surface area contributed by atoms with Crippen LogP contribution in [0.5, 0.6) is 0 Å². The molecule has 8 N–H and O–H groups in total. The number of fused-ring (bicyclic) bond motifs is 20. The fourth-order valence-corrected chi connectivity index (χ4v) is 17.4. The predicted octanol–water partition coefficient (Wildman–Crippen LogP) is 6.54. The zero-order valence-electron chi connectivity index (χ0n) is 38.5. The van der Waals surface area contributed by atoms with Crippen LogP contribution in [-0.2, 0) is 0 Å². The number of nitrogens with one attached hydrogen (secondary N) is 8. The summed E-state index contributed by atoms with van der Waals surface area (Å²) < 4.78 is 0. The third-order valence-electron chi connectivity index (χ3n) is 22.5. The van der Waals surface area contributed by atoms with Crippen LogP contribution < -0.4 is 42.5 Å². The standard InChI is InChI=1S/C48H88N8/c1-17-18(2)26(10)34-33(25(17)9)41-49-42(34)54-44-37-29(13)21(5)22(6)30(14)38(37)46(51-44)56-48-40-32(16)24(8)23(7)31(15)39(40)47(52-48)55-45-36-28(12)20(4)19(3)27(11)35(36)43(50-45)53-41/h17-56H,1-16H3. The topological polar surface area (TPSA) is 96.2 Å². The number of rotatable bonds is 0. The molecular weight excluding hydrogens is 689 g/mol. The molecule has 320 valence electrons. The van der Waals surface area contributed by atoms with Crippen molar-refractivity contribution in [3.8, 4) is 0 Å². The van der Waals surface area contributed by atoms with E-state index >= 15 is 0 Å². The summed E-state index contributed by atoms with van der Waals surface area (Å²) in [6, 6.07) is 0. The largest absolute Gasteiger partial charge is 0.286 e. The Morgan fingerprint density at radius 1 is 0.143 bits per heavy atom. The second-order valence-electron chi connectivity index (χ2n) is 23.5. The molecule has 5 aliphatic heterocycles. The summed E-state index contributed by atoms with van der Waals surface area (Å²) in [5, 5.41) is 35.6. The molecule has 5 saturated heterocycles. The van der Waals surface area contributed by atoms with Crippen LogP contribution in [0.1, 0.15) is 111 Å². The van der Waals surface area contributed by atoms with Crippen molar-refractivity contribution in [1.82, 2.24) is 42.5 Å². The van der Waals surface area contributed by atoms with Gasteiger partial charge in [0.1, 0.15) is 0 Å². The van der Waals surface area contributed by atoms with Crippen molar-refractivity contribution in [3.63, 3.8) is 0 Å². The summed E-state index contributed by atoms with van der Waals surface area (Å²) in [6.45, 7) is 41.3. The van der Waals surface area contributed by atoms with Gasteiger partial charge in [-0.05, 0) is 142 Å². The van der Waals surface area contributed by atoms with E-state index in [1.165, 1.54) is 0 Å². The monoisotopic (exact) mass is 777 g/mol. The fraction of sp³-hybridized carbons (Fsp3) is 1.00. The maximum absolute atomic E-state index is 4.49. The van der Waals surface area contributed by atoms with E-state index in [9.17, 15) is 0 Å². The van der Waals surface area contributed by atoms with Gasteiger partial charge in [0.25, 0.3) is 0 Å². The van der Waals surface area contributed by atoms with Crippen molar-refractivity contribution in [2.45, 2.75) is 160 Å². The highest BCUT2D eigenvalue weighted by Gasteiger charge is 2.63. The minimum Gasteiger partial charge on any atom is -0.286 e. The first kappa shape index (κ1) is 41.1. The molecule has 8 heteroatoms. The lowest BCUT2D eigenvalue weighted by molar-refractivity contribution is -0.0159. The van der Waals surface area contributed by atoms with Crippen molar-refractivity contribution in [1.29, 1.82) is 0 Å². The van der Waals surface area contributed by atoms with E-state index in [2.05, 4.69) is 153 Å². The number of hydrogen-bond donors (Lipinski definition) is 8. The van der Waals surface area contributed by atoms with Gasteiger partial charge >= 0.3 is 0 Å². The molecule has 4 aliphatic carbocycles. The molecule has 24 unspecified atom stereocenters. The predicted molar refractivity (Wildman–Crippen MR) is 230 cm³/mol. The van der Waals surface area contributed by atoms with E-state index in [4.69, 9.17) is 0 Å². The van der Waals surface area contributed by atoms with E-state index in [0.29, 0.717) is 142 Å². The minimum atomic E-state index is 0.277. The second-order valence-corrected chi connectivity index (χ2v) is 23.5. The molecule has 9 aliphatic rings. The smallest absolute Gasteiger partial charge is 0.0631 e. The van der Waals surface area contributed by atoms with Gasteiger partial charge in [0.05, 0.1) is 49.3 Å². The summed E-state index contributed by atoms with van der Waals surface area (Å²) >= 11 is 0. The van der Waals surface area contributed by atoms with Crippen LogP contribution in [0.3, 0.4) is 0 Å². The molecule has 5 heterocycles. The Labute approximate surface area is 343 Å². The van der Waals surface area contributed by atoms with Gasteiger partial charge in [-0.2, -0.15) is 0 Å². The summed E-state index contributed by atoms with van der Waals surface area (Å²) in [7, 11) is 0. The summed E-state index contributed by atoms with van der Waals surface area (Å²) in [4.78, 5) is 0. The lowest BCUT2D eigenvalue weighted by Crippen LogP contribution is -2.62. The molecule has 8 bridgehead atoms. The van der Waals surface area contributed by atoms with Gasteiger partial charge in [-0.15, -0.1) is 0 Å². The van der Waals surface area contributed by atoms with E-state index in [-0.39, 0.29) is 49.3 Å². The first-order chi connectivity index (χ1) is 26.4. The molecule has 0 aromatic rings. The average Bonchev–Trinajstić information content (AvgIpc) is 3.92. The first-order valence-electron chi connectivity index (χ1n) is 24.5. The Balaban J connectivity index is 1.15. The molecule has 0 aromatic heterocycles. The van der Waals surface area contributed by atoms with Gasteiger partial charge in [0.2, 0.25) is 0 Å². The molecule has 56 heavy (non-hydrogen) atoms. The van der Waals surface area contributed by atoms with Gasteiger partial charge in [-0.3, -0.25) is 42.5 Å². The molecule has 0 amide bonds. The molecule has 24 atom stereocenters. The van der Waals surface area contributed by atoms with E-state index in [1.807, 2.05) is 0 Å². The van der Waals surface area contributed by atoms with Crippen LogP contribution in [-0.4, -0.2) is 49.3 Å². The zero-order chi connectivity index (χ0) is 40.1. The highest BCUT2D eigenvalue weighted by molar-refractivity contribution is 5.14. The van der Waals surface area contributed by atoms with Gasteiger partial charge in [-0.25, -0.2) is 0 Å². The van der Waals surface area contributed by atoms with Crippen molar-refractivity contribution in [2.24, 2.45) is 142 Å². The maximum atomic E-state index is 4.49. The Morgan fingerprint density at radius 3 is 0.321 bits per heavy atom. The highest BCUT2D eigenvalue weighted by Crippen LogP contribution is 2.56.